The highest BCUT2D eigenvalue weighted by molar-refractivity contribution is 7.99. The Morgan fingerprint density at radius 1 is 1.53 bits per heavy atom. The van der Waals surface area contributed by atoms with Gasteiger partial charge < -0.3 is 15.2 Å². The zero-order valence-electron chi connectivity index (χ0n) is 11.6. The van der Waals surface area contributed by atoms with Crippen LogP contribution in [-0.4, -0.2) is 42.3 Å². The molecule has 0 aliphatic carbocycles. The van der Waals surface area contributed by atoms with Gasteiger partial charge in [0, 0.05) is 24.0 Å². The predicted molar refractivity (Wildman–Crippen MR) is 78.5 cm³/mol. The molecule has 0 fully saturated rings. The lowest BCUT2D eigenvalue weighted by molar-refractivity contribution is 0.0935. The molecule has 0 spiro atoms. The first kappa shape index (κ1) is 16.0. The Morgan fingerprint density at radius 2 is 2.26 bits per heavy atom. The van der Waals surface area contributed by atoms with Crippen LogP contribution in [0.4, 0.5) is 0 Å². The van der Waals surface area contributed by atoms with Crippen molar-refractivity contribution < 1.29 is 14.6 Å². The van der Waals surface area contributed by atoms with Crippen LogP contribution < -0.4 is 5.32 Å². The van der Waals surface area contributed by atoms with Gasteiger partial charge in [0.2, 0.25) is 0 Å². The normalized spacial score (nSPS) is 13.9. The van der Waals surface area contributed by atoms with Gasteiger partial charge in [0.15, 0.2) is 0 Å². The quantitative estimate of drug-likeness (QED) is 0.799. The summed E-state index contributed by atoms with van der Waals surface area (Å²) in [6.07, 6.45) is 1.92. The number of aliphatic hydroxyl groups excluding tert-OH is 1. The average Bonchev–Trinajstić information content (AvgIpc) is 2.40. The molecule has 0 saturated carbocycles. The minimum atomic E-state index is -0.127. The Morgan fingerprint density at radius 3 is 2.84 bits per heavy atom. The zero-order chi connectivity index (χ0) is 14.3. The van der Waals surface area contributed by atoms with Crippen LogP contribution in [0.5, 0.6) is 0 Å². The molecule has 0 heterocycles. The minimum Gasteiger partial charge on any atom is -0.395 e. The minimum absolute atomic E-state index is 0.00566. The second kappa shape index (κ2) is 8.19. The van der Waals surface area contributed by atoms with E-state index in [9.17, 15) is 9.90 Å². The molecule has 19 heavy (non-hydrogen) atoms. The van der Waals surface area contributed by atoms with Crippen molar-refractivity contribution in [3.8, 4) is 0 Å². The number of hydrogen-bond acceptors (Lipinski definition) is 4. The molecule has 1 amide bonds. The summed E-state index contributed by atoms with van der Waals surface area (Å²) in [5.74, 6) is -0.127. The second-order valence-electron chi connectivity index (χ2n) is 4.35. The first-order chi connectivity index (χ1) is 9.12. The molecule has 0 aromatic heterocycles. The molecule has 106 valence electrons. The fourth-order valence-corrected chi connectivity index (χ4v) is 2.41. The third kappa shape index (κ3) is 4.86. The van der Waals surface area contributed by atoms with Crippen LogP contribution in [0, 0.1) is 0 Å². The summed E-state index contributed by atoms with van der Waals surface area (Å²) >= 11 is 1.54. The Labute approximate surface area is 118 Å². The number of benzene rings is 1. The number of hydrogen-bond donors (Lipinski definition) is 2. The number of ether oxygens (including phenoxy) is 1. The van der Waals surface area contributed by atoms with E-state index in [0.717, 1.165) is 5.56 Å². The lowest BCUT2D eigenvalue weighted by Gasteiger charge is -2.21. The molecule has 1 aromatic carbocycles. The van der Waals surface area contributed by atoms with Gasteiger partial charge >= 0.3 is 0 Å². The number of thioether (sulfide) groups is 1. The van der Waals surface area contributed by atoms with E-state index in [1.807, 2.05) is 31.4 Å². The third-order valence-electron chi connectivity index (χ3n) is 2.90. The number of carbonyl (C=O) groups excluding carboxylic acids is 1. The number of amides is 1. The Balaban J connectivity index is 2.69. The van der Waals surface area contributed by atoms with E-state index in [0.29, 0.717) is 12.2 Å². The molecular weight excluding hydrogens is 262 g/mol. The number of aliphatic hydroxyl groups is 1. The summed E-state index contributed by atoms with van der Waals surface area (Å²) < 4.78 is 5.05. The van der Waals surface area contributed by atoms with Crippen molar-refractivity contribution >= 4 is 17.7 Å². The molecule has 1 rings (SSSR count). The molecule has 5 heteroatoms. The van der Waals surface area contributed by atoms with E-state index in [2.05, 4.69) is 5.32 Å². The van der Waals surface area contributed by atoms with Crippen molar-refractivity contribution in [3.63, 3.8) is 0 Å². The maximum absolute atomic E-state index is 12.1. The summed E-state index contributed by atoms with van der Waals surface area (Å²) in [6.45, 7) is 2.43. The number of carbonyl (C=O) groups is 1. The van der Waals surface area contributed by atoms with Gasteiger partial charge in [-0.2, -0.15) is 11.8 Å². The SMILES string of the molecule is COCc1cccc(C(=O)NC(C)C(CO)SC)c1. The van der Waals surface area contributed by atoms with Crippen LogP contribution >= 0.6 is 11.8 Å². The van der Waals surface area contributed by atoms with Gasteiger partial charge in [0.1, 0.15) is 0 Å². The summed E-state index contributed by atoms with van der Waals surface area (Å²) in [4.78, 5) is 12.1. The highest BCUT2D eigenvalue weighted by Crippen LogP contribution is 2.12. The first-order valence-corrected chi connectivity index (χ1v) is 7.43. The summed E-state index contributed by atoms with van der Waals surface area (Å²) in [5.41, 5.74) is 1.57. The largest absolute Gasteiger partial charge is 0.395 e. The summed E-state index contributed by atoms with van der Waals surface area (Å²) in [7, 11) is 1.62. The average molecular weight is 283 g/mol. The molecular formula is C14H21NO3S. The smallest absolute Gasteiger partial charge is 0.251 e. The molecule has 0 aliphatic heterocycles. The maximum atomic E-state index is 12.1. The van der Waals surface area contributed by atoms with Gasteiger partial charge in [-0.15, -0.1) is 0 Å². The van der Waals surface area contributed by atoms with Crippen LogP contribution in [0.1, 0.15) is 22.8 Å². The van der Waals surface area contributed by atoms with Crippen molar-refractivity contribution in [2.45, 2.75) is 24.8 Å². The van der Waals surface area contributed by atoms with Gasteiger partial charge in [-0.3, -0.25) is 4.79 Å². The Hall–Kier alpha value is -1.04. The van der Waals surface area contributed by atoms with Crippen molar-refractivity contribution in [1.82, 2.24) is 5.32 Å². The molecule has 2 N–H and O–H groups in total. The molecule has 0 saturated heterocycles. The summed E-state index contributed by atoms with van der Waals surface area (Å²) in [6, 6.07) is 7.26. The molecule has 4 nitrogen and oxygen atoms in total. The molecule has 2 atom stereocenters. The predicted octanol–water partition coefficient (Wildman–Crippen LogP) is 1.68. The number of methoxy groups -OCH3 is 1. The Bertz CT molecular complexity index is 407. The fraction of sp³-hybridized carbons (Fsp3) is 0.500. The van der Waals surface area contributed by atoms with E-state index in [1.165, 1.54) is 0 Å². The molecule has 0 radical (unpaired) electrons. The van der Waals surface area contributed by atoms with Crippen molar-refractivity contribution in [2.24, 2.45) is 0 Å². The zero-order valence-corrected chi connectivity index (χ0v) is 12.4. The summed E-state index contributed by atoms with van der Waals surface area (Å²) in [5, 5.41) is 12.1. The van der Waals surface area contributed by atoms with Gasteiger partial charge in [0.25, 0.3) is 5.91 Å². The van der Waals surface area contributed by atoms with E-state index < -0.39 is 0 Å². The third-order valence-corrected chi connectivity index (χ3v) is 4.06. The molecule has 2 unspecified atom stereocenters. The van der Waals surface area contributed by atoms with E-state index in [4.69, 9.17) is 4.74 Å². The van der Waals surface area contributed by atoms with Crippen LogP contribution in [0.25, 0.3) is 0 Å². The number of nitrogens with one attached hydrogen (secondary N) is 1. The van der Waals surface area contributed by atoms with Crippen LogP contribution in [0.3, 0.4) is 0 Å². The highest BCUT2D eigenvalue weighted by Gasteiger charge is 2.18. The van der Waals surface area contributed by atoms with Crippen LogP contribution in [0.15, 0.2) is 24.3 Å². The topological polar surface area (TPSA) is 58.6 Å². The van der Waals surface area contributed by atoms with Crippen molar-refractivity contribution in [1.29, 1.82) is 0 Å². The standard InChI is InChI=1S/C14H21NO3S/c1-10(13(8-16)19-3)15-14(17)12-6-4-5-11(7-12)9-18-2/h4-7,10,13,16H,8-9H2,1-3H3,(H,15,17). The van der Waals surface area contributed by atoms with Crippen LogP contribution in [-0.2, 0) is 11.3 Å². The highest BCUT2D eigenvalue weighted by atomic mass is 32.2. The Kier molecular flexibility index (Phi) is 6.91. The fourth-order valence-electron chi connectivity index (χ4n) is 1.79. The monoisotopic (exact) mass is 283 g/mol. The number of rotatable bonds is 7. The van der Waals surface area contributed by atoms with Crippen LogP contribution in [0.2, 0.25) is 0 Å². The molecule has 1 aromatic rings. The lowest BCUT2D eigenvalue weighted by Crippen LogP contribution is -2.41. The lowest BCUT2D eigenvalue weighted by atomic mass is 10.1. The molecule has 0 aliphatic rings. The van der Waals surface area contributed by atoms with Gasteiger partial charge in [-0.1, -0.05) is 12.1 Å². The van der Waals surface area contributed by atoms with E-state index in [-0.39, 0.29) is 23.8 Å². The van der Waals surface area contributed by atoms with Crippen molar-refractivity contribution in [3.05, 3.63) is 35.4 Å². The maximum Gasteiger partial charge on any atom is 0.251 e. The van der Waals surface area contributed by atoms with E-state index in [1.54, 1.807) is 24.9 Å². The molecule has 0 bridgehead atoms. The van der Waals surface area contributed by atoms with E-state index >= 15 is 0 Å². The van der Waals surface area contributed by atoms with Gasteiger partial charge in [-0.05, 0) is 30.9 Å². The van der Waals surface area contributed by atoms with Gasteiger partial charge in [0.05, 0.1) is 13.2 Å². The van der Waals surface area contributed by atoms with Gasteiger partial charge in [-0.25, -0.2) is 0 Å². The first-order valence-electron chi connectivity index (χ1n) is 6.14. The van der Waals surface area contributed by atoms with Crippen molar-refractivity contribution in [2.75, 3.05) is 20.0 Å². The second-order valence-corrected chi connectivity index (χ2v) is 5.43.